The highest BCUT2D eigenvalue weighted by atomic mass is 32.2. The van der Waals surface area contributed by atoms with Gasteiger partial charge in [-0.25, -0.2) is 0 Å². The molecule has 0 amide bonds. The zero-order valence-corrected chi connectivity index (χ0v) is 5.79. The summed E-state index contributed by atoms with van der Waals surface area (Å²) in [5.74, 6) is 6.00. The number of nitrogens with two attached hydrogens (primary N) is 2. The highest BCUT2D eigenvalue weighted by molar-refractivity contribution is 8.13. The number of hydrogen-bond acceptors (Lipinski definition) is 2. The first kappa shape index (κ1) is 7.62. The van der Waals surface area contributed by atoms with Gasteiger partial charge in [-0.15, -0.1) is 0 Å². The summed E-state index contributed by atoms with van der Waals surface area (Å²) in [6, 6.07) is 0. The van der Waals surface area contributed by atoms with Gasteiger partial charge in [0.2, 0.25) is 0 Å². The fourth-order valence-electron chi connectivity index (χ4n) is 0.254. The van der Waals surface area contributed by atoms with Crippen molar-refractivity contribution in [1.82, 2.24) is 0 Å². The molecular formula is C4H12N3S+. The van der Waals surface area contributed by atoms with Crippen LogP contribution in [0.5, 0.6) is 0 Å². The first-order valence-electron chi connectivity index (χ1n) is 2.53. The second kappa shape index (κ2) is 4.77. The number of hydrazone groups is 1. The van der Waals surface area contributed by atoms with Crippen molar-refractivity contribution in [1.29, 1.82) is 0 Å². The Kier molecular flexibility index (Phi) is 4.54. The highest BCUT2D eigenvalue weighted by Gasteiger charge is 1.94. The van der Waals surface area contributed by atoms with Crippen molar-refractivity contribution in [2.24, 2.45) is 11.6 Å². The van der Waals surface area contributed by atoms with E-state index in [1.807, 2.05) is 0 Å². The van der Waals surface area contributed by atoms with E-state index in [1.165, 1.54) is 11.8 Å². The third kappa shape index (κ3) is 3.80. The summed E-state index contributed by atoms with van der Waals surface area (Å²) >= 11 is 1.53. The molecule has 0 spiro atoms. The van der Waals surface area contributed by atoms with Crippen LogP contribution >= 0.6 is 11.8 Å². The lowest BCUT2D eigenvalue weighted by atomic mass is 10.6. The summed E-state index contributed by atoms with van der Waals surface area (Å²) in [5, 5.41) is 2.95. The molecule has 0 fully saturated rings. The molecule has 0 rings (SSSR count). The van der Waals surface area contributed by atoms with Crippen LogP contribution < -0.4 is 16.7 Å². The summed E-state index contributed by atoms with van der Waals surface area (Å²) in [6.07, 6.45) is 1.12. The third-order valence-electron chi connectivity index (χ3n) is 0.604. The van der Waals surface area contributed by atoms with Crippen molar-refractivity contribution in [2.45, 2.75) is 13.3 Å². The number of nitrogens with one attached hydrogen (secondary N) is 1. The molecule has 0 aromatic carbocycles. The van der Waals surface area contributed by atoms with Crippen LogP contribution in [0.1, 0.15) is 13.3 Å². The minimum absolute atomic E-state index is 0.590. The van der Waals surface area contributed by atoms with E-state index in [4.69, 9.17) is 11.6 Å². The summed E-state index contributed by atoms with van der Waals surface area (Å²) in [4.78, 5) is 0. The van der Waals surface area contributed by atoms with Gasteiger partial charge in [-0.2, -0.15) is 5.10 Å². The molecule has 0 unspecified atom stereocenters. The van der Waals surface area contributed by atoms with Crippen LogP contribution in [0.4, 0.5) is 0 Å². The number of hydrazine groups is 1. The van der Waals surface area contributed by atoms with Gasteiger partial charge >= 0.3 is 5.17 Å². The number of thioether (sulfide) groups is 1. The molecule has 8 heavy (non-hydrogen) atoms. The van der Waals surface area contributed by atoms with Crippen LogP contribution in [0.15, 0.2) is 0 Å². The summed E-state index contributed by atoms with van der Waals surface area (Å²) in [6.45, 7) is 2.09. The van der Waals surface area contributed by atoms with Gasteiger partial charge < -0.3 is 0 Å². The Labute approximate surface area is 53.5 Å². The Morgan fingerprint density at radius 3 is 2.75 bits per heavy atom. The van der Waals surface area contributed by atoms with Crippen molar-refractivity contribution >= 4 is 16.9 Å². The zero-order valence-electron chi connectivity index (χ0n) is 4.98. The SMILES string of the molecule is CCCSC(N)=[NH+]N. The Bertz CT molecular complexity index is 81.4. The van der Waals surface area contributed by atoms with E-state index in [-0.39, 0.29) is 0 Å². The predicted molar refractivity (Wildman–Crippen MR) is 37.1 cm³/mol. The molecule has 0 bridgehead atoms. The molecule has 0 aromatic heterocycles. The first-order valence-corrected chi connectivity index (χ1v) is 3.51. The summed E-state index contributed by atoms with van der Waals surface area (Å²) < 4.78 is 0. The van der Waals surface area contributed by atoms with E-state index in [0.717, 1.165) is 12.2 Å². The molecule has 4 heteroatoms. The monoisotopic (exact) mass is 134 g/mol. The van der Waals surface area contributed by atoms with E-state index < -0.39 is 0 Å². The highest BCUT2D eigenvalue weighted by Crippen LogP contribution is 1.96. The Balaban J connectivity index is 3.12. The molecule has 0 atom stereocenters. The van der Waals surface area contributed by atoms with E-state index >= 15 is 0 Å². The van der Waals surface area contributed by atoms with Crippen LogP contribution in [0.3, 0.4) is 0 Å². The summed E-state index contributed by atoms with van der Waals surface area (Å²) in [5.41, 5.74) is 5.30. The number of rotatable bonds is 2. The second-order valence-electron chi connectivity index (χ2n) is 1.36. The van der Waals surface area contributed by atoms with Crippen molar-refractivity contribution < 1.29 is 5.10 Å². The fraction of sp³-hybridized carbons (Fsp3) is 0.750. The molecule has 0 aliphatic carbocycles. The molecule has 5 N–H and O–H groups in total. The van der Waals surface area contributed by atoms with Crippen molar-refractivity contribution in [2.75, 3.05) is 5.75 Å². The summed E-state index contributed by atoms with van der Waals surface area (Å²) in [7, 11) is 0. The van der Waals surface area contributed by atoms with E-state index in [2.05, 4.69) is 12.0 Å². The van der Waals surface area contributed by atoms with Crippen LogP contribution in [0.25, 0.3) is 0 Å². The number of amidine groups is 1. The molecule has 0 saturated carbocycles. The average molecular weight is 134 g/mol. The zero-order chi connectivity index (χ0) is 6.41. The molecule has 0 radical (unpaired) electrons. The lowest BCUT2D eigenvalue weighted by Gasteiger charge is -1.87. The smallest absolute Gasteiger partial charge is 0.280 e. The van der Waals surface area contributed by atoms with Gasteiger partial charge in [-0.1, -0.05) is 6.92 Å². The van der Waals surface area contributed by atoms with Crippen LogP contribution in [-0.4, -0.2) is 10.9 Å². The average Bonchev–Trinajstić information content (AvgIpc) is 1.83. The lowest BCUT2D eigenvalue weighted by molar-refractivity contribution is -0.467. The molecule has 0 aromatic rings. The van der Waals surface area contributed by atoms with Crippen LogP contribution in [-0.2, 0) is 0 Å². The Morgan fingerprint density at radius 2 is 2.38 bits per heavy atom. The standard InChI is InChI=1S/C4H11N3S/c1-2-3-8-4(5)7-6/h2-3,6H2,1H3,(H2,5,7)/p+1. The van der Waals surface area contributed by atoms with E-state index in [1.54, 1.807) is 0 Å². The van der Waals surface area contributed by atoms with Crippen molar-refractivity contribution in [3.05, 3.63) is 0 Å². The number of hydrogen-bond donors (Lipinski definition) is 3. The Hall–Kier alpha value is -0.380. The van der Waals surface area contributed by atoms with Gasteiger partial charge in [0, 0.05) is 5.75 Å². The maximum atomic E-state index is 5.30. The van der Waals surface area contributed by atoms with Crippen molar-refractivity contribution in [3.63, 3.8) is 0 Å². The second-order valence-corrected chi connectivity index (χ2v) is 2.49. The third-order valence-corrected chi connectivity index (χ3v) is 1.65. The van der Waals surface area contributed by atoms with Gasteiger partial charge in [0.05, 0.1) is 0 Å². The molecule has 0 heterocycles. The van der Waals surface area contributed by atoms with Crippen LogP contribution in [0.2, 0.25) is 0 Å². The fourth-order valence-corrected chi connectivity index (χ4v) is 0.761. The molecule has 0 aliphatic heterocycles. The Morgan fingerprint density at radius 1 is 1.75 bits per heavy atom. The maximum Gasteiger partial charge on any atom is 0.324 e. The van der Waals surface area contributed by atoms with E-state index in [9.17, 15) is 0 Å². The molecule has 0 aliphatic rings. The maximum absolute atomic E-state index is 5.30. The van der Waals surface area contributed by atoms with Gasteiger partial charge in [0.25, 0.3) is 0 Å². The largest absolute Gasteiger partial charge is 0.324 e. The topological polar surface area (TPSA) is 66.0 Å². The van der Waals surface area contributed by atoms with Crippen molar-refractivity contribution in [3.8, 4) is 0 Å². The quantitative estimate of drug-likeness (QED) is 0.184. The lowest BCUT2D eigenvalue weighted by Crippen LogP contribution is -2.81. The molecular weight excluding hydrogens is 122 g/mol. The normalized spacial score (nSPS) is 11.9. The van der Waals surface area contributed by atoms with E-state index in [0.29, 0.717) is 5.17 Å². The molecule has 3 nitrogen and oxygen atoms in total. The van der Waals surface area contributed by atoms with Gasteiger partial charge in [0.15, 0.2) is 0 Å². The minimum Gasteiger partial charge on any atom is -0.280 e. The first-order chi connectivity index (χ1) is 3.81. The van der Waals surface area contributed by atoms with Gasteiger partial charge in [0.1, 0.15) is 0 Å². The van der Waals surface area contributed by atoms with Crippen LogP contribution in [0, 0.1) is 0 Å². The van der Waals surface area contributed by atoms with Gasteiger partial charge in [-0.05, 0) is 18.2 Å². The van der Waals surface area contributed by atoms with Gasteiger partial charge in [-0.3, -0.25) is 11.6 Å². The molecule has 48 valence electrons. The molecule has 0 saturated heterocycles. The minimum atomic E-state index is 0.590. The predicted octanol–water partition coefficient (Wildman–Crippen LogP) is -1.60.